The zero-order valence-corrected chi connectivity index (χ0v) is 15.0. The highest BCUT2D eigenvalue weighted by molar-refractivity contribution is 7.13. The molecule has 2 aliphatic rings. The molecule has 2 fully saturated rings. The molecule has 2 atom stereocenters. The Morgan fingerprint density at radius 2 is 2.17 bits per heavy atom. The van der Waals surface area contributed by atoms with Crippen LogP contribution in [-0.4, -0.2) is 23.0 Å². The molecule has 5 nitrogen and oxygen atoms in total. The number of carbonyl (C=O) groups excluding carboxylic acids is 1. The Morgan fingerprint density at radius 1 is 1.38 bits per heavy atom. The van der Waals surface area contributed by atoms with Gasteiger partial charge in [-0.05, 0) is 43.7 Å². The SMILES string of the molecule is Cl.O=C(CC1CC2CCC(C1)N2)NCc1csc(-c2ccco2)n1. The smallest absolute Gasteiger partial charge is 0.220 e. The lowest BCUT2D eigenvalue weighted by molar-refractivity contribution is -0.122. The molecule has 2 unspecified atom stereocenters. The van der Waals surface area contributed by atoms with Crippen LogP contribution in [0.5, 0.6) is 0 Å². The van der Waals surface area contributed by atoms with Crippen LogP contribution < -0.4 is 10.6 Å². The summed E-state index contributed by atoms with van der Waals surface area (Å²) < 4.78 is 5.34. The molecular formula is C17H22ClN3O2S. The van der Waals surface area contributed by atoms with Crippen molar-refractivity contribution in [2.24, 2.45) is 5.92 Å². The predicted molar refractivity (Wildman–Crippen MR) is 96.2 cm³/mol. The van der Waals surface area contributed by atoms with Crippen LogP contribution in [0, 0.1) is 5.92 Å². The van der Waals surface area contributed by atoms with Crippen LogP contribution in [0.1, 0.15) is 37.8 Å². The summed E-state index contributed by atoms with van der Waals surface area (Å²) in [6.45, 7) is 0.494. The van der Waals surface area contributed by atoms with Crippen LogP contribution in [0.25, 0.3) is 10.8 Å². The summed E-state index contributed by atoms with van der Waals surface area (Å²) in [5.41, 5.74) is 0.889. The standard InChI is InChI=1S/C17H21N3O2S.ClH/c21-16(8-11-6-12-3-4-13(7-11)19-12)18-9-14-10-23-17(20-14)15-2-1-5-22-15;/h1-2,5,10-13,19H,3-4,6-9H2,(H,18,21);1H. The van der Waals surface area contributed by atoms with Crippen LogP contribution in [0.3, 0.4) is 0 Å². The zero-order valence-electron chi connectivity index (χ0n) is 13.4. The van der Waals surface area contributed by atoms with Gasteiger partial charge in [0.05, 0.1) is 18.5 Å². The highest BCUT2D eigenvalue weighted by atomic mass is 35.5. The third-order valence-corrected chi connectivity index (χ3v) is 5.70. The van der Waals surface area contributed by atoms with E-state index in [1.165, 1.54) is 24.2 Å². The molecule has 0 aliphatic carbocycles. The van der Waals surface area contributed by atoms with Crippen molar-refractivity contribution in [2.75, 3.05) is 0 Å². The quantitative estimate of drug-likeness (QED) is 0.850. The van der Waals surface area contributed by atoms with Crippen molar-refractivity contribution in [3.8, 4) is 10.8 Å². The molecule has 1 amide bonds. The molecule has 2 bridgehead atoms. The Labute approximate surface area is 151 Å². The Hall–Kier alpha value is -1.37. The number of halogens is 1. The van der Waals surface area contributed by atoms with E-state index in [2.05, 4.69) is 15.6 Å². The molecule has 24 heavy (non-hydrogen) atoms. The van der Waals surface area contributed by atoms with Gasteiger partial charge in [0.15, 0.2) is 10.8 Å². The first kappa shape index (κ1) is 17.5. The normalized spacial score (nSPS) is 25.2. The second-order valence-electron chi connectivity index (χ2n) is 6.58. The van der Waals surface area contributed by atoms with Gasteiger partial charge in [0.1, 0.15) is 0 Å². The van der Waals surface area contributed by atoms with E-state index in [-0.39, 0.29) is 18.3 Å². The van der Waals surface area contributed by atoms with E-state index in [9.17, 15) is 4.79 Å². The van der Waals surface area contributed by atoms with Crippen molar-refractivity contribution in [3.05, 3.63) is 29.5 Å². The molecule has 130 valence electrons. The number of furan rings is 1. The van der Waals surface area contributed by atoms with Crippen LogP contribution in [0.15, 0.2) is 28.2 Å². The van der Waals surface area contributed by atoms with Gasteiger partial charge in [-0.3, -0.25) is 4.79 Å². The molecule has 2 aromatic rings. The van der Waals surface area contributed by atoms with Gasteiger partial charge < -0.3 is 15.1 Å². The highest BCUT2D eigenvalue weighted by Crippen LogP contribution is 2.32. The number of aromatic nitrogens is 1. The van der Waals surface area contributed by atoms with Crippen LogP contribution >= 0.6 is 23.7 Å². The average Bonchev–Trinajstić information content (AvgIpc) is 3.26. The molecule has 0 radical (unpaired) electrons. The van der Waals surface area contributed by atoms with Gasteiger partial charge >= 0.3 is 0 Å². The second kappa shape index (κ2) is 7.68. The molecule has 0 spiro atoms. The summed E-state index contributed by atoms with van der Waals surface area (Å²) >= 11 is 1.54. The van der Waals surface area contributed by atoms with Crippen molar-refractivity contribution in [2.45, 2.75) is 50.7 Å². The van der Waals surface area contributed by atoms with E-state index < -0.39 is 0 Å². The van der Waals surface area contributed by atoms with Crippen LogP contribution in [-0.2, 0) is 11.3 Å². The molecular weight excluding hydrogens is 346 g/mol. The summed E-state index contributed by atoms with van der Waals surface area (Å²) in [4.78, 5) is 16.7. The number of carbonyl (C=O) groups is 1. The molecule has 2 saturated heterocycles. The lowest BCUT2D eigenvalue weighted by Gasteiger charge is -2.28. The summed E-state index contributed by atoms with van der Waals surface area (Å²) in [6.07, 6.45) is 7.12. The van der Waals surface area contributed by atoms with Crippen molar-refractivity contribution in [1.82, 2.24) is 15.6 Å². The molecule has 2 aliphatic heterocycles. The number of fused-ring (bicyclic) bond motifs is 2. The predicted octanol–water partition coefficient (Wildman–Crippen LogP) is 3.36. The number of rotatable bonds is 5. The molecule has 0 aromatic carbocycles. The summed E-state index contributed by atoms with van der Waals surface area (Å²) in [5.74, 6) is 1.45. The van der Waals surface area contributed by atoms with Gasteiger partial charge in [-0.2, -0.15) is 0 Å². The fourth-order valence-corrected chi connectivity index (χ4v) is 4.55. The maximum absolute atomic E-state index is 12.2. The van der Waals surface area contributed by atoms with E-state index in [4.69, 9.17) is 4.42 Å². The minimum atomic E-state index is 0. The lowest BCUT2D eigenvalue weighted by Crippen LogP contribution is -2.39. The van der Waals surface area contributed by atoms with Crippen molar-refractivity contribution >= 4 is 29.7 Å². The number of thiazole rings is 1. The molecule has 2 aromatic heterocycles. The number of amides is 1. The van der Waals surface area contributed by atoms with E-state index >= 15 is 0 Å². The first-order chi connectivity index (χ1) is 11.3. The third kappa shape index (κ3) is 3.99. The van der Waals surface area contributed by atoms with Gasteiger partial charge in [-0.15, -0.1) is 23.7 Å². The summed E-state index contributed by atoms with van der Waals surface area (Å²) in [7, 11) is 0. The summed E-state index contributed by atoms with van der Waals surface area (Å²) in [5, 5.41) is 9.46. The fraction of sp³-hybridized carbons (Fsp3) is 0.529. The van der Waals surface area contributed by atoms with Crippen molar-refractivity contribution in [3.63, 3.8) is 0 Å². The second-order valence-corrected chi connectivity index (χ2v) is 7.44. The Morgan fingerprint density at radius 3 is 2.88 bits per heavy atom. The number of nitrogens with zero attached hydrogens (tertiary/aromatic N) is 1. The van der Waals surface area contributed by atoms with Gasteiger partial charge in [0.25, 0.3) is 0 Å². The van der Waals surface area contributed by atoms with Gasteiger partial charge in [-0.25, -0.2) is 4.98 Å². The van der Waals surface area contributed by atoms with Crippen molar-refractivity contribution < 1.29 is 9.21 Å². The fourth-order valence-electron chi connectivity index (χ4n) is 3.77. The first-order valence-electron chi connectivity index (χ1n) is 8.27. The number of piperidine rings is 1. The van der Waals surface area contributed by atoms with Crippen LogP contribution in [0.2, 0.25) is 0 Å². The Bertz CT molecular complexity index is 661. The Balaban J connectivity index is 0.00000169. The average molecular weight is 368 g/mol. The maximum Gasteiger partial charge on any atom is 0.220 e. The zero-order chi connectivity index (χ0) is 15.6. The molecule has 4 heterocycles. The number of hydrogen-bond donors (Lipinski definition) is 2. The number of hydrogen-bond acceptors (Lipinski definition) is 5. The van der Waals surface area contributed by atoms with Crippen molar-refractivity contribution in [1.29, 1.82) is 0 Å². The largest absolute Gasteiger partial charge is 0.462 e. The highest BCUT2D eigenvalue weighted by Gasteiger charge is 2.34. The van der Waals surface area contributed by atoms with Crippen LogP contribution in [0.4, 0.5) is 0 Å². The molecule has 0 saturated carbocycles. The van der Waals surface area contributed by atoms with E-state index in [1.54, 1.807) is 6.26 Å². The lowest BCUT2D eigenvalue weighted by atomic mass is 9.89. The van der Waals surface area contributed by atoms with E-state index in [0.717, 1.165) is 29.3 Å². The summed E-state index contributed by atoms with van der Waals surface area (Å²) in [6, 6.07) is 5.03. The first-order valence-corrected chi connectivity index (χ1v) is 9.15. The Kier molecular flexibility index (Phi) is 5.58. The molecule has 7 heteroatoms. The monoisotopic (exact) mass is 367 g/mol. The third-order valence-electron chi connectivity index (χ3n) is 4.80. The van der Waals surface area contributed by atoms with E-state index in [1.807, 2.05) is 17.5 Å². The molecule has 2 N–H and O–H groups in total. The van der Waals surface area contributed by atoms with Gasteiger partial charge in [0, 0.05) is 23.9 Å². The minimum Gasteiger partial charge on any atom is -0.462 e. The van der Waals surface area contributed by atoms with Gasteiger partial charge in [0.2, 0.25) is 5.91 Å². The topological polar surface area (TPSA) is 67.2 Å². The minimum absolute atomic E-state index is 0. The van der Waals surface area contributed by atoms with E-state index in [0.29, 0.717) is 31.0 Å². The maximum atomic E-state index is 12.2. The number of nitrogens with one attached hydrogen (secondary N) is 2. The van der Waals surface area contributed by atoms with Gasteiger partial charge in [-0.1, -0.05) is 0 Å². The molecule has 4 rings (SSSR count).